The maximum atomic E-state index is 13.8. The van der Waals surface area contributed by atoms with Gasteiger partial charge in [-0.25, -0.2) is 0 Å². The van der Waals surface area contributed by atoms with Crippen molar-refractivity contribution in [1.82, 2.24) is 0 Å². The average Bonchev–Trinajstić information content (AvgIpc) is 3.06. The number of para-hydroxylation sites is 1. The van der Waals surface area contributed by atoms with Gasteiger partial charge in [-0.2, -0.15) is 0 Å². The zero-order chi connectivity index (χ0) is 30.5. The van der Waals surface area contributed by atoms with Gasteiger partial charge in [0.1, 0.15) is 24.5 Å². The van der Waals surface area contributed by atoms with Crippen molar-refractivity contribution in [1.29, 1.82) is 0 Å². The Balaban J connectivity index is 1.42. The number of carbonyl (C=O) groups excluding carboxylic acids is 1. The Kier molecular flexibility index (Phi) is 8.64. The number of carbonyl (C=O) groups is 1. The molecule has 0 atom stereocenters. The highest BCUT2D eigenvalue weighted by atomic mass is 35.5. The van der Waals surface area contributed by atoms with Crippen molar-refractivity contribution in [3.05, 3.63) is 158 Å². The molecule has 0 radical (unpaired) electrons. The van der Waals surface area contributed by atoms with Gasteiger partial charge < -0.3 is 19.2 Å². The van der Waals surface area contributed by atoms with Gasteiger partial charge in [-0.15, -0.1) is 0 Å². The highest BCUT2D eigenvalue weighted by Crippen LogP contribution is 2.37. The third kappa shape index (κ3) is 6.47. The van der Waals surface area contributed by atoms with Crippen LogP contribution in [0, 0.1) is 0 Å². The number of nitrogens with one attached hydrogen (secondary N) is 1. The third-order valence-electron chi connectivity index (χ3n) is 6.90. The highest BCUT2D eigenvalue weighted by Gasteiger charge is 2.21. The summed E-state index contributed by atoms with van der Waals surface area (Å²) in [5.41, 5.74) is 2.66. The second-order valence-electron chi connectivity index (χ2n) is 9.92. The quantitative estimate of drug-likeness (QED) is 0.174. The summed E-state index contributed by atoms with van der Waals surface area (Å²) in [5, 5.41) is 3.61. The number of ether oxygens (including phenoxy) is 2. The molecule has 6 nitrogen and oxygen atoms in total. The Morgan fingerprint density at radius 1 is 0.682 bits per heavy atom. The molecule has 0 saturated heterocycles. The molecule has 218 valence electrons. The third-order valence-corrected chi connectivity index (χ3v) is 7.64. The molecule has 1 heterocycles. The molecule has 44 heavy (non-hydrogen) atoms. The zero-order valence-electron chi connectivity index (χ0n) is 23.3. The molecule has 0 aliphatic carbocycles. The normalized spacial score (nSPS) is 10.9. The molecule has 1 amide bonds. The molecule has 8 heteroatoms. The molecule has 0 unspecified atom stereocenters. The van der Waals surface area contributed by atoms with E-state index in [0.717, 1.165) is 11.1 Å². The molecule has 5 aromatic carbocycles. The van der Waals surface area contributed by atoms with Crippen molar-refractivity contribution < 1.29 is 18.7 Å². The maximum absolute atomic E-state index is 13.8. The van der Waals surface area contributed by atoms with Crippen molar-refractivity contribution in [3.63, 3.8) is 0 Å². The minimum absolute atomic E-state index is 0.0215. The number of hydrogen-bond acceptors (Lipinski definition) is 5. The lowest BCUT2D eigenvalue weighted by molar-refractivity contribution is 0.102. The SMILES string of the molecule is O=C(Nc1c(-c2ccc(OCc3ccccc3)c(OCc3ccccc3)c2)oc2ccccc2c1=O)c1ccc(Cl)c(Cl)c1. The van der Waals surface area contributed by atoms with E-state index >= 15 is 0 Å². The van der Waals surface area contributed by atoms with Gasteiger partial charge in [0.15, 0.2) is 17.3 Å². The van der Waals surface area contributed by atoms with Gasteiger partial charge >= 0.3 is 0 Å². The van der Waals surface area contributed by atoms with E-state index in [2.05, 4.69) is 5.32 Å². The van der Waals surface area contributed by atoms with Crippen LogP contribution in [0.5, 0.6) is 11.5 Å². The van der Waals surface area contributed by atoms with E-state index in [-0.39, 0.29) is 28.6 Å². The molecular weight excluding hydrogens is 597 g/mol. The summed E-state index contributed by atoms with van der Waals surface area (Å²) in [5.74, 6) is 0.579. The number of rotatable bonds is 9. The van der Waals surface area contributed by atoms with Crippen LogP contribution in [0.25, 0.3) is 22.3 Å². The first-order chi connectivity index (χ1) is 21.5. The summed E-state index contributed by atoms with van der Waals surface area (Å²) < 4.78 is 18.7. The summed E-state index contributed by atoms with van der Waals surface area (Å²) in [6.45, 7) is 0.618. The fourth-order valence-corrected chi connectivity index (χ4v) is 4.93. The van der Waals surface area contributed by atoms with Crippen LogP contribution in [0.15, 0.2) is 131 Å². The molecule has 0 aliphatic rings. The fourth-order valence-electron chi connectivity index (χ4n) is 4.63. The van der Waals surface area contributed by atoms with Crippen LogP contribution in [0.2, 0.25) is 10.0 Å². The van der Waals surface area contributed by atoms with Gasteiger partial charge in [0, 0.05) is 11.1 Å². The van der Waals surface area contributed by atoms with E-state index in [4.69, 9.17) is 37.1 Å². The first-order valence-corrected chi connectivity index (χ1v) is 14.5. The smallest absolute Gasteiger partial charge is 0.255 e. The fraction of sp³-hybridized carbons (Fsp3) is 0.0556. The minimum Gasteiger partial charge on any atom is -0.485 e. The molecular formula is C36H25Cl2NO5. The van der Waals surface area contributed by atoms with Crippen LogP contribution >= 0.6 is 23.2 Å². The topological polar surface area (TPSA) is 77.8 Å². The maximum Gasteiger partial charge on any atom is 0.255 e. The average molecular weight is 623 g/mol. The van der Waals surface area contributed by atoms with Gasteiger partial charge in [-0.1, -0.05) is 96.0 Å². The van der Waals surface area contributed by atoms with Crippen molar-refractivity contribution in [3.8, 4) is 22.8 Å². The minimum atomic E-state index is -0.546. The summed E-state index contributed by atoms with van der Waals surface area (Å²) in [6.07, 6.45) is 0. The second kappa shape index (κ2) is 13.1. The van der Waals surface area contributed by atoms with Gasteiger partial charge in [-0.3, -0.25) is 9.59 Å². The van der Waals surface area contributed by atoms with Crippen LogP contribution in [0.1, 0.15) is 21.5 Å². The van der Waals surface area contributed by atoms with E-state index in [9.17, 15) is 9.59 Å². The van der Waals surface area contributed by atoms with Gasteiger partial charge in [0.25, 0.3) is 5.91 Å². The zero-order valence-corrected chi connectivity index (χ0v) is 24.8. The Labute approximate surface area is 263 Å². The highest BCUT2D eigenvalue weighted by molar-refractivity contribution is 6.42. The molecule has 0 spiro atoms. The Hall–Kier alpha value is -5.04. The number of benzene rings is 5. The molecule has 1 aromatic heterocycles. The van der Waals surface area contributed by atoms with E-state index < -0.39 is 11.3 Å². The van der Waals surface area contributed by atoms with E-state index in [1.807, 2.05) is 60.7 Å². The Morgan fingerprint density at radius 2 is 1.32 bits per heavy atom. The van der Waals surface area contributed by atoms with Crippen LogP contribution in [-0.2, 0) is 13.2 Å². The number of anilines is 1. The largest absolute Gasteiger partial charge is 0.485 e. The Morgan fingerprint density at radius 3 is 2.00 bits per heavy atom. The van der Waals surface area contributed by atoms with Crippen LogP contribution in [-0.4, -0.2) is 5.91 Å². The van der Waals surface area contributed by atoms with Crippen LogP contribution in [0.3, 0.4) is 0 Å². The molecule has 0 bridgehead atoms. The first-order valence-electron chi connectivity index (χ1n) is 13.8. The summed E-state index contributed by atoms with van der Waals surface area (Å²) in [4.78, 5) is 27.1. The van der Waals surface area contributed by atoms with E-state index in [1.165, 1.54) is 18.2 Å². The predicted molar refractivity (Wildman–Crippen MR) is 174 cm³/mol. The van der Waals surface area contributed by atoms with Crippen molar-refractivity contribution in [2.75, 3.05) is 5.32 Å². The van der Waals surface area contributed by atoms with Gasteiger partial charge in [-0.05, 0) is 59.7 Å². The molecule has 0 fully saturated rings. The number of halogens is 2. The standard InChI is InChI=1S/C36H25Cl2NO5/c37-28-17-15-26(19-29(28)38)36(41)39-33-34(40)27-13-7-8-14-30(27)44-35(33)25-16-18-31(42-21-23-9-3-1-4-10-23)32(20-25)43-22-24-11-5-2-6-12-24/h1-20H,21-22H2,(H,39,41). The summed E-state index contributed by atoms with van der Waals surface area (Å²) in [6, 6.07) is 36.2. The Bertz CT molecular complexity index is 2010. The summed E-state index contributed by atoms with van der Waals surface area (Å²) >= 11 is 12.2. The first kappa shape index (κ1) is 29.1. The molecule has 0 aliphatic heterocycles. The van der Waals surface area contributed by atoms with E-state index in [1.54, 1.807) is 42.5 Å². The van der Waals surface area contributed by atoms with Crippen molar-refractivity contribution in [2.45, 2.75) is 13.2 Å². The lowest BCUT2D eigenvalue weighted by atomic mass is 10.1. The second-order valence-corrected chi connectivity index (χ2v) is 10.7. The molecule has 6 rings (SSSR count). The van der Waals surface area contributed by atoms with Gasteiger partial charge in [0.05, 0.1) is 15.4 Å². The lowest BCUT2D eigenvalue weighted by Gasteiger charge is -2.16. The predicted octanol–water partition coefficient (Wildman–Crippen LogP) is 9.18. The van der Waals surface area contributed by atoms with Crippen molar-refractivity contribution in [2.24, 2.45) is 0 Å². The van der Waals surface area contributed by atoms with Crippen LogP contribution in [0.4, 0.5) is 5.69 Å². The van der Waals surface area contributed by atoms with E-state index in [0.29, 0.717) is 39.7 Å². The molecule has 6 aromatic rings. The molecule has 1 N–H and O–H groups in total. The number of amides is 1. The number of hydrogen-bond donors (Lipinski definition) is 1. The number of fused-ring (bicyclic) bond motifs is 1. The monoisotopic (exact) mass is 621 g/mol. The van der Waals surface area contributed by atoms with Crippen LogP contribution < -0.4 is 20.2 Å². The molecule has 0 saturated carbocycles. The lowest BCUT2D eigenvalue weighted by Crippen LogP contribution is -2.19. The van der Waals surface area contributed by atoms with Crippen molar-refractivity contribution >= 4 is 45.8 Å². The summed E-state index contributed by atoms with van der Waals surface area (Å²) in [7, 11) is 0. The van der Waals surface area contributed by atoms with Gasteiger partial charge in [0.2, 0.25) is 5.43 Å².